The Kier molecular flexibility index (Phi) is 6.23. The average Bonchev–Trinajstić information content (AvgIpc) is 3.17. The lowest BCUT2D eigenvalue weighted by Gasteiger charge is -2.21. The van der Waals surface area contributed by atoms with Crippen molar-refractivity contribution in [2.24, 2.45) is 0 Å². The molecule has 1 aliphatic rings. The van der Waals surface area contributed by atoms with Crippen LogP contribution in [0.3, 0.4) is 0 Å². The molecule has 0 spiro atoms. The monoisotopic (exact) mass is 481 g/mol. The van der Waals surface area contributed by atoms with Gasteiger partial charge in [0.2, 0.25) is 0 Å². The highest BCUT2D eigenvalue weighted by atomic mass is 32.2. The number of hydrogen-bond acceptors (Lipinski definition) is 6. The molecular formula is C25H24FN3O2S2. The van der Waals surface area contributed by atoms with Gasteiger partial charge in [-0.1, -0.05) is 23.9 Å². The molecule has 0 amide bonds. The lowest BCUT2D eigenvalue weighted by Crippen LogP contribution is -2.27. The van der Waals surface area contributed by atoms with Gasteiger partial charge in [-0.25, -0.2) is 9.37 Å². The molecule has 0 fully saturated rings. The van der Waals surface area contributed by atoms with E-state index in [1.165, 1.54) is 28.8 Å². The van der Waals surface area contributed by atoms with Gasteiger partial charge in [-0.3, -0.25) is 9.36 Å². The zero-order chi connectivity index (χ0) is 22.9. The van der Waals surface area contributed by atoms with Crippen LogP contribution in [0.4, 0.5) is 4.39 Å². The third kappa shape index (κ3) is 4.43. The maximum atomic E-state index is 13.9. The molecule has 0 unspecified atom stereocenters. The van der Waals surface area contributed by atoms with E-state index >= 15 is 0 Å². The molecular weight excluding hydrogens is 457 g/mol. The lowest BCUT2D eigenvalue weighted by molar-refractivity contribution is 0.318. The van der Waals surface area contributed by atoms with Crippen LogP contribution in [0.25, 0.3) is 15.9 Å². The molecule has 33 heavy (non-hydrogen) atoms. The summed E-state index contributed by atoms with van der Waals surface area (Å²) in [4.78, 5) is 23.1. The van der Waals surface area contributed by atoms with E-state index in [9.17, 15) is 9.18 Å². The number of fused-ring (bicyclic) bond motifs is 3. The maximum absolute atomic E-state index is 13.9. The van der Waals surface area contributed by atoms with Crippen molar-refractivity contribution in [1.29, 1.82) is 0 Å². The minimum Gasteiger partial charge on any atom is -0.494 e. The van der Waals surface area contributed by atoms with Crippen molar-refractivity contribution in [2.75, 3.05) is 20.2 Å². The first kappa shape index (κ1) is 22.1. The van der Waals surface area contributed by atoms with Crippen LogP contribution in [-0.4, -0.2) is 34.7 Å². The maximum Gasteiger partial charge on any atom is 0.267 e. The molecule has 0 saturated carbocycles. The Balaban J connectivity index is 1.62. The molecule has 2 aromatic heterocycles. The average molecular weight is 482 g/mol. The molecule has 2 aromatic carbocycles. The van der Waals surface area contributed by atoms with Crippen LogP contribution < -0.4 is 10.3 Å². The number of likely N-dealkylation sites (N-methyl/N-ethyl adjacent to an activating group) is 1. The van der Waals surface area contributed by atoms with Crippen LogP contribution in [0.1, 0.15) is 22.9 Å². The first-order chi connectivity index (χ1) is 16.0. The quantitative estimate of drug-likeness (QED) is 0.278. The third-order valence-corrected chi connectivity index (χ3v) is 7.84. The fraction of sp³-hybridized carbons (Fsp3) is 0.280. The molecule has 8 heteroatoms. The van der Waals surface area contributed by atoms with E-state index in [0.717, 1.165) is 52.3 Å². The Morgan fingerprint density at radius 3 is 2.64 bits per heavy atom. The third-order valence-electron chi connectivity index (χ3n) is 5.72. The highest BCUT2D eigenvalue weighted by Crippen LogP contribution is 2.34. The Bertz CT molecular complexity index is 1350. The summed E-state index contributed by atoms with van der Waals surface area (Å²) in [7, 11) is 2.10. The Morgan fingerprint density at radius 1 is 1.15 bits per heavy atom. The fourth-order valence-corrected chi connectivity index (χ4v) is 6.37. The van der Waals surface area contributed by atoms with Crippen molar-refractivity contribution in [1.82, 2.24) is 14.5 Å². The van der Waals surface area contributed by atoms with Gasteiger partial charge in [-0.05, 0) is 67.9 Å². The van der Waals surface area contributed by atoms with Gasteiger partial charge in [0.1, 0.15) is 16.4 Å². The van der Waals surface area contributed by atoms with Crippen molar-refractivity contribution < 1.29 is 9.13 Å². The van der Waals surface area contributed by atoms with Crippen molar-refractivity contribution in [2.45, 2.75) is 30.8 Å². The number of halogens is 1. The van der Waals surface area contributed by atoms with Gasteiger partial charge in [-0.2, -0.15) is 0 Å². The minimum absolute atomic E-state index is 0.0344. The van der Waals surface area contributed by atoms with Crippen molar-refractivity contribution in [3.63, 3.8) is 0 Å². The van der Waals surface area contributed by atoms with Crippen LogP contribution in [0, 0.1) is 5.82 Å². The molecule has 0 radical (unpaired) electrons. The van der Waals surface area contributed by atoms with E-state index in [1.807, 2.05) is 31.2 Å². The number of rotatable bonds is 6. The molecule has 1 aliphatic heterocycles. The Labute approximate surface area is 199 Å². The van der Waals surface area contributed by atoms with E-state index in [0.29, 0.717) is 17.5 Å². The van der Waals surface area contributed by atoms with Gasteiger partial charge in [-0.15, -0.1) is 11.3 Å². The zero-order valence-electron chi connectivity index (χ0n) is 18.5. The SMILES string of the molecule is CCOc1ccc(-n2c(SCc3ccc(F)cc3)nc3sc4c(c3c2=O)CCN(C)C4)cc1. The summed E-state index contributed by atoms with van der Waals surface area (Å²) in [5.74, 6) is 1.09. The van der Waals surface area contributed by atoms with Crippen LogP contribution in [0.2, 0.25) is 0 Å². The molecule has 5 nitrogen and oxygen atoms in total. The molecule has 5 rings (SSSR count). The molecule has 170 valence electrons. The molecule has 0 atom stereocenters. The summed E-state index contributed by atoms with van der Waals surface area (Å²) < 4.78 is 20.6. The normalized spacial score (nSPS) is 13.9. The predicted octanol–water partition coefficient (Wildman–Crippen LogP) is 5.27. The molecule has 0 aliphatic carbocycles. The van der Waals surface area contributed by atoms with Crippen molar-refractivity contribution in [3.05, 3.63) is 80.7 Å². The smallest absolute Gasteiger partial charge is 0.267 e. The van der Waals surface area contributed by atoms with Crippen molar-refractivity contribution >= 4 is 33.3 Å². The van der Waals surface area contributed by atoms with Crippen LogP contribution in [-0.2, 0) is 18.7 Å². The highest BCUT2D eigenvalue weighted by molar-refractivity contribution is 7.98. The minimum atomic E-state index is -0.260. The van der Waals surface area contributed by atoms with Crippen LogP contribution in [0.5, 0.6) is 5.75 Å². The van der Waals surface area contributed by atoms with Gasteiger partial charge >= 0.3 is 0 Å². The van der Waals surface area contributed by atoms with E-state index in [4.69, 9.17) is 9.72 Å². The van der Waals surface area contributed by atoms with Gasteiger partial charge in [0.25, 0.3) is 5.56 Å². The first-order valence-corrected chi connectivity index (χ1v) is 12.7. The number of benzene rings is 2. The van der Waals surface area contributed by atoms with Gasteiger partial charge in [0.05, 0.1) is 17.7 Å². The number of aromatic nitrogens is 2. The second kappa shape index (κ2) is 9.29. The van der Waals surface area contributed by atoms with Crippen molar-refractivity contribution in [3.8, 4) is 11.4 Å². The molecule has 0 N–H and O–H groups in total. The van der Waals surface area contributed by atoms with E-state index in [-0.39, 0.29) is 11.4 Å². The number of thioether (sulfide) groups is 1. The van der Waals surface area contributed by atoms with E-state index in [1.54, 1.807) is 28.0 Å². The molecule has 4 aromatic rings. The number of thiophene rings is 1. The summed E-state index contributed by atoms with van der Waals surface area (Å²) in [6, 6.07) is 14.0. The van der Waals surface area contributed by atoms with Gasteiger partial charge in [0.15, 0.2) is 5.16 Å². The lowest BCUT2D eigenvalue weighted by atomic mass is 10.1. The number of ether oxygens (including phenoxy) is 1. The molecule has 0 bridgehead atoms. The Hall–Kier alpha value is -2.68. The number of nitrogens with zero attached hydrogens (tertiary/aromatic N) is 3. The van der Waals surface area contributed by atoms with Gasteiger partial charge in [0, 0.05) is 23.7 Å². The van der Waals surface area contributed by atoms with Gasteiger partial charge < -0.3 is 9.64 Å². The second-order valence-electron chi connectivity index (χ2n) is 8.05. The second-order valence-corrected chi connectivity index (χ2v) is 10.1. The fourth-order valence-electron chi connectivity index (χ4n) is 4.06. The van der Waals surface area contributed by atoms with Crippen LogP contribution >= 0.6 is 23.1 Å². The zero-order valence-corrected chi connectivity index (χ0v) is 20.1. The summed E-state index contributed by atoms with van der Waals surface area (Å²) in [6.07, 6.45) is 0.855. The molecule has 3 heterocycles. The van der Waals surface area contributed by atoms with E-state index in [2.05, 4.69) is 11.9 Å². The highest BCUT2D eigenvalue weighted by Gasteiger charge is 2.24. The summed E-state index contributed by atoms with van der Waals surface area (Å²) in [6.45, 7) is 4.30. The summed E-state index contributed by atoms with van der Waals surface area (Å²) >= 11 is 3.10. The predicted molar refractivity (Wildman–Crippen MR) is 132 cm³/mol. The summed E-state index contributed by atoms with van der Waals surface area (Å²) in [5.41, 5.74) is 2.83. The molecule has 0 saturated heterocycles. The number of hydrogen-bond donors (Lipinski definition) is 0. The topological polar surface area (TPSA) is 47.4 Å². The Morgan fingerprint density at radius 2 is 1.91 bits per heavy atom. The largest absolute Gasteiger partial charge is 0.494 e. The van der Waals surface area contributed by atoms with E-state index < -0.39 is 0 Å². The first-order valence-electron chi connectivity index (χ1n) is 10.9. The standard InChI is InChI=1S/C25H24FN3O2S2/c1-3-31-19-10-8-18(9-11-19)29-24(30)22-20-12-13-28(2)14-21(20)33-23(22)27-25(29)32-15-16-4-6-17(26)7-5-16/h4-11H,3,12-15H2,1-2H3. The summed E-state index contributed by atoms with van der Waals surface area (Å²) in [5, 5.41) is 1.37. The van der Waals surface area contributed by atoms with Crippen LogP contribution in [0.15, 0.2) is 58.5 Å².